The Labute approximate surface area is 122 Å². The number of carbonyl (C=O) groups excluding carboxylic acids is 1. The van der Waals surface area contributed by atoms with E-state index in [0.717, 1.165) is 31.5 Å². The van der Waals surface area contributed by atoms with Crippen LogP contribution in [0.1, 0.15) is 60.5 Å². The molecule has 2 nitrogen and oxygen atoms in total. The summed E-state index contributed by atoms with van der Waals surface area (Å²) < 4.78 is 0. The molecule has 20 heavy (non-hydrogen) atoms. The lowest BCUT2D eigenvalue weighted by atomic mass is 9.88. The van der Waals surface area contributed by atoms with Crippen molar-refractivity contribution in [3.63, 3.8) is 0 Å². The number of likely N-dealkylation sites (tertiary alicyclic amines) is 1. The van der Waals surface area contributed by atoms with Gasteiger partial charge in [0, 0.05) is 5.56 Å². The number of Topliss-reactive ketones (excluding diaryl/α,β-unsaturated/α-hetero) is 1. The SMILES string of the molecule is CC[C@H](C(=O)c1ccc2c(c1)CCCC2)N1CCCC1. The number of carbonyl (C=O) groups is 1. The molecule has 0 unspecified atom stereocenters. The highest BCUT2D eigenvalue weighted by Crippen LogP contribution is 2.24. The van der Waals surface area contributed by atoms with Crippen LogP contribution in [-0.4, -0.2) is 29.8 Å². The first-order valence-electron chi connectivity index (χ1n) is 8.19. The highest BCUT2D eigenvalue weighted by atomic mass is 16.1. The van der Waals surface area contributed by atoms with Crippen molar-refractivity contribution in [3.05, 3.63) is 34.9 Å². The Hall–Kier alpha value is -1.15. The van der Waals surface area contributed by atoms with Crippen molar-refractivity contribution in [2.75, 3.05) is 13.1 Å². The normalized spacial score (nSPS) is 20.6. The van der Waals surface area contributed by atoms with Crippen LogP contribution in [0.3, 0.4) is 0 Å². The van der Waals surface area contributed by atoms with Crippen LogP contribution in [0.5, 0.6) is 0 Å². The summed E-state index contributed by atoms with van der Waals surface area (Å²) >= 11 is 0. The maximum absolute atomic E-state index is 12.8. The molecule has 108 valence electrons. The van der Waals surface area contributed by atoms with Gasteiger partial charge in [0.1, 0.15) is 0 Å². The number of nitrogens with zero attached hydrogens (tertiary/aromatic N) is 1. The van der Waals surface area contributed by atoms with Crippen molar-refractivity contribution in [2.45, 2.75) is 57.9 Å². The summed E-state index contributed by atoms with van der Waals surface area (Å²) in [5.74, 6) is 0.336. The van der Waals surface area contributed by atoms with Gasteiger partial charge in [0.25, 0.3) is 0 Å². The first-order valence-corrected chi connectivity index (χ1v) is 8.19. The van der Waals surface area contributed by atoms with Gasteiger partial charge in [-0.3, -0.25) is 9.69 Å². The fraction of sp³-hybridized carbons (Fsp3) is 0.611. The minimum absolute atomic E-state index is 0.0964. The summed E-state index contributed by atoms with van der Waals surface area (Å²) in [5, 5.41) is 0. The van der Waals surface area contributed by atoms with Gasteiger partial charge < -0.3 is 0 Å². The molecule has 1 aromatic carbocycles. The molecule has 0 amide bonds. The van der Waals surface area contributed by atoms with Gasteiger partial charge in [0.2, 0.25) is 0 Å². The fourth-order valence-electron chi connectivity index (χ4n) is 3.74. The number of aryl methyl sites for hydroxylation is 2. The highest BCUT2D eigenvalue weighted by molar-refractivity contribution is 6.00. The fourth-order valence-corrected chi connectivity index (χ4v) is 3.74. The molecule has 1 aliphatic carbocycles. The second-order valence-electron chi connectivity index (χ2n) is 6.22. The van der Waals surface area contributed by atoms with E-state index in [-0.39, 0.29) is 6.04 Å². The molecule has 3 rings (SSSR count). The van der Waals surface area contributed by atoms with E-state index in [1.165, 1.54) is 43.2 Å². The summed E-state index contributed by atoms with van der Waals surface area (Å²) in [7, 11) is 0. The molecule has 0 N–H and O–H groups in total. The molecule has 1 heterocycles. The number of hydrogen-bond donors (Lipinski definition) is 0. The van der Waals surface area contributed by atoms with Crippen LogP contribution in [0.25, 0.3) is 0 Å². The Balaban J connectivity index is 1.81. The molecule has 0 bridgehead atoms. The quantitative estimate of drug-likeness (QED) is 0.780. The average molecular weight is 271 g/mol. The monoisotopic (exact) mass is 271 g/mol. The summed E-state index contributed by atoms with van der Waals surface area (Å²) in [5.41, 5.74) is 3.81. The van der Waals surface area contributed by atoms with Gasteiger partial charge in [-0.25, -0.2) is 0 Å². The van der Waals surface area contributed by atoms with E-state index in [0.29, 0.717) is 5.78 Å². The summed E-state index contributed by atoms with van der Waals surface area (Å²) in [6.07, 6.45) is 8.32. The number of benzene rings is 1. The Morgan fingerprint density at radius 2 is 1.80 bits per heavy atom. The Morgan fingerprint density at radius 1 is 1.10 bits per heavy atom. The number of hydrogen-bond acceptors (Lipinski definition) is 2. The van der Waals surface area contributed by atoms with E-state index in [2.05, 4.69) is 30.0 Å². The predicted octanol–water partition coefficient (Wildman–Crippen LogP) is 3.62. The Bertz CT molecular complexity index is 488. The third kappa shape index (κ3) is 2.67. The molecule has 0 spiro atoms. The molecular formula is C18H25NO. The topological polar surface area (TPSA) is 20.3 Å². The number of rotatable bonds is 4. The molecule has 1 aliphatic heterocycles. The summed E-state index contributed by atoms with van der Waals surface area (Å²) in [6.45, 7) is 4.32. The molecule has 1 fully saturated rings. The molecule has 0 aromatic heterocycles. The van der Waals surface area contributed by atoms with Crippen LogP contribution in [0.15, 0.2) is 18.2 Å². The van der Waals surface area contributed by atoms with Crippen LogP contribution in [0.4, 0.5) is 0 Å². The van der Waals surface area contributed by atoms with Crippen molar-refractivity contribution >= 4 is 5.78 Å². The lowest BCUT2D eigenvalue weighted by molar-refractivity contribution is 0.0844. The van der Waals surface area contributed by atoms with Crippen LogP contribution in [-0.2, 0) is 12.8 Å². The van der Waals surface area contributed by atoms with Gasteiger partial charge in [-0.05, 0) is 75.2 Å². The minimum Gasteiger partial charge on any atom is -0.293 e. The van der Waals surface area contributed by atoms with Gasteiger partial charge >= 0.3 is 0 Å². The largest absolute Gasteiger partial charge is 0.293 e. The van der Waals surface area contributed by atoms with E-state index in [1.807, 2.05) is 0 Å². The van der Waals surface area contributed by atoms with Crippen molar-refractivity contribution in [1.82, 2.24) is 4.90 Å². The Morgan fingerprint density at radius 3 is 2.50 bits per heavy atom. The van der Waals surface area contributed by atoms with Crippen LogP contribution < -0.4 is 0 Å². The van der Waals surface area contributed by atoms with Gasteiger partial charge in [-0.15, -0.1) is 0 Å². The number of ketones is 1. The molecule has 1 atom stereocenters. The third-order valence-electron chi connectivity index (χ3n) is 4.90. The summed E-state index contributed by atoms with van der Waals surface area (Å²) in [6, 6.07) is 6.53. The molecule has 0 saturated carbocycles. The van der Waals surface area contributed by atoms with Gasteiger partial charge in [-0.2, -0.15) is 0 Å². The Kier molecular flexibility index (Phi) is 4.21. The van der Waals surface area contributed by atoms with E-state index >= 15 is 0 Å². The van der Waals surface area contributed by atoms with E-state index in [9.17, 15) is 4.79 Å². The van der Waals surface area contributed by atoms with Crippen molar-refractivity contribution < 1.29 is 4.79 Å². The van der Waals surface area contributed by atoms with E-state index in [4.69, 9.17) is 0 Å². The zero-order valence-corrected chi connectivity index (χ0v) is 12.5. The standard InChI is InChI=1S/C18H25NO/c1-2-17(19-11-5-6-12-19)18(20)16-10-9-14-7-3-4-8-15(14)13-16/h9-10,13,17H,2-8,11-12H2,1H3/t17-/m1/s1. The van der Waals surface area contributed by atoms with Crippen molar-refractivity contribution in [2.24, 2.45) is 0 Å². The molecule has 1 aromatic rings. The molecule has 2 aliphatic rings. The van der Waals surface area contributed by atoms with Gasteiger partial charge in [-0.1, -0.05) is 19.1 Å². The van der Waals surface area contributed by atoms with Crippen LogP contribution in [0.2, 0.25) is 0 Å². The van der Waals surface area contributed by atoms with Crippen molar-refractivity contribution in [1.29, 1.82) is 0 Å². The smallest absolute Gasteiger partial charge is 0.179 e. The first-order chi connectivity index (χ1) is 9.79. The zero-order chi connectivity index (χ0) is 13.9. The minimum atomic E-state index is 0.0964. The van der Waals surface area contributed by atoms with E-state index < -0.39 is 0 Å². The van der Waals surface area contributed by atoms with Crippen LogP contribution >= 0.6 is 0 Å². The van der Waals surface area contributed by atoms with Crippen molar-refractivity contribution in [3.8, 4) is 0 Å². The molecule has 0 radical (unpaired) electrons. The summed E-state index contributed by atoms with van der Waals surface area (Å²) in [4.78, 5) is 15.2. The molecule has 2 heteroatoms. The van der Waals surface area contributed by atoms with Crippen LogP contribution in [0, 0.1) is 0 Å². The highest BCUT2D eigenvalue weighted by Gasteiger charge is 2.27. The average Bonchev–Trinajstić information content (AvgIpc) is 3.01. The number of fused-ring (bicyclic) bond motifs is 1. The van der Waals surface area contributed by atoms with E-state index in [1.54, 1.807) is 0 Å². The van der Waals surface area contributed by atoms with Gasteiger partial charge in [0.15, 0.2) is 5.78 Å². The second-order valence-corrected chi connectivity index (χ2v) is 6.22. The molecule has 1 saturated heterocycles. The predicted molar refractivity (Wildman–Crippen MR) is 82.3 cm³/mol. The lowest BCUT2D eigenvalue weighted by Gasteiger charge is -2.25. The second kappa shape index (κ2) is 6.09. The molecular weight excluding hydrogens is 246 g/mol. The zero-order valence-electron chi connectivity index (χ0n) is 12.5. The maximum Gasteiger partial charge on any atom is 0.179 e. The first kappa shape index (κ1) is 13.8. The van der Waals surface area contributed by atoms with Gasteiger partial charge in [0.05, 0.1) is 6.04 Å². The third-order valence-corrected chi connectivity index (χ3v) is 4.90. The maximum atomic E-state index is 12.8. The lowest BCUT2D eigenvalue weighted by Crippen LogP contribution is -2.38.